The van der Waals surface area contributed by atoms with Gasteiger partial charge in [0.05, 0.1) is 12.5 Å². The van der Waals surface area contributed by atoms with Gasteiger partial charge in [0.1, 0.15) is 18.1 Å². The van der Waals surface area contributed by atoms with Crippen molar-refractivity contribution in [2.45, 2.75) is 57.3 Å². The van der Waals surface area contributed by atoms with Crippen LogP contribution in [-0.2, 0) is 30.4 Å². The number of carbonyl (C=O) groups is 5. The van der Waals surface area contributed by atoms with Crippen LogP contribution in [0.15, 0.2) is 30.3 Å². The van der Waals surface area contributed by atoms with Crippen molar-refractivity contribution < 1.29 is 29.1 Å². The third kappa shape index (κ3) is 10.2. The minimum absolute atomic E-state index is 0.0247. The Morgan fingerprint density at radius 2 is 1.44 bits per heavy atom. The van der Waals surface area contributed by atoms with Crippen molar-refractivity contribution in [3.8, 4) is 0 Å². The van der Waals surface area contributed by atoms with Gasteiger partial charge in [-0.25, -0.2) is 4.79 Å². The number of benzene rings is 1. The molecule has 1 aromatic carbocycles. The van der Waals surface area contributed by atoms with Crippen LogP contribution in [0.2, 0.25) is 0 Å². The van der Waals surface area contributed by atoms with Crippen molar-refractivity contribution in [1.29, 1.82) is 0 Å². The fourth-order valence-corrected chi connectivity index (χ4v) is 3.24. The van der Waals surface area contributed by atoms with Crippen LogP contribution in [0.3, 0.4) is 0 Å². The second kappa shape index (κ2) is 14.2. The number of carbonyl (C=O) groups excluding carboxylic acids is 4. The summed E-state index contributed by atoms with van der Waals surface area (Å²) in [6, 6.07) is 4.12. The maximum atomic E-state index is 13.1. The predicted octanol–water partition coefficient (Wildman–Crippen LogP) is -1.05. The molecule has 0 aliphatic carbocycles. The molecule has 4 amide bonds. The van der Waals surface area contributed by atoms with Crippen LogP contribution in [0.5, 0.6) is 0 Å². The Morgan fingerprint density at radius 3 is 1.94 bits per heavy atom. The number of aliphatic carboxylic acids is 1. The van der Waals surface area contributed by atoms with Crippen LogP contribution in [-0.4, -0.2) is 64.6 Å². The van der Waals surface area contributed by atoms with Crippen molar-refractivity contribution in [1.82, 2.24) is 16.0 Å². The van der Waals surface area contributed by atoms with Gasteiger partial charge in [-0.05, 0) is 17.9 Å². The molecule has 0 heterocycles. The molecule has 0 radical (unpaired) electrons. The molecule has 4 unspecified atom stereocenters. The van der Waals surface area contributed by atoms with Crippen LogP contribution in [0.4, 0.5) is 0 Å². The monoisotopic (exact) mass is 495 g/mol. The maximum absolute atomic E-state index is 13.1. The number of rotatable bonds is 14. The minimum Gasteiger partial charge on any atom is -0.480 e. The number of carboxylic acid groups (broad SMARTS) is 1. The van der Waals surface area contributed by atoms with Gasteiger partial charge in [0.25, 0.3) is 0 Å². The van der Waals surface area contributed by atoms with E-state index < -0.39 is 60.2 Å². The van der Waals surface area contributed by atoms with Gasteiger partial charge in [0.15, 0.2) is 0 Å². The van der Waals surface area contributed by atoms with Crippen LogP contribution in [0.1, 0.15) is 32.3 Å². The molecule has 0 spiro atoms. The summed E-state index contributed by atoms with van der Waals surface area (Å²) in [4.78, 5) is 60.9. The smallest absolute Gasteiger partial charge is 0.326 e. The van der Waals surface area contributed by atoms with Gasteiger partial charge in [-0.15, -0.1) is 0 Å². The van der Waals surface area contributed by atoms with Crippen LogP contribution < -0.4 is 27.4 Å². The first-order chi connectivity index (χ1) is 15.9. The number of thiol groups is 1. The Morgan fingerprint density at radius 1 is 0.912 bits per heavy atom. The second-order valence-corrected chi connectivity index (χ2v) is 8.67. The zero-order valence-corrected chi connectivity index (χ0v) is 20.1. The van der Waals surface area contributed by atoms with E-state index in [2.05, 4.69) is 28.6 Å². The predicted molar refractivity (Wildman–Crippen MR) is 129 cm³/mol. The van der Waals surface area contributed by atoms with Crippen molar-refractivity contribution in [3.05, 3.63) is 35.9 Å². The van der Waals surface area contributed by atoms with Crippen molar-refractivity contribution >= 4 is 42.2 Å². The maximum Gasteiger partial charge on any atom is 0.326 e. The van der Waals surface area contributed by atoms with E-state index in [4.69, 9.17) is 11.5 Å². The number of amides is 4. The SMILES string of the molecule is CC(C)CC(NC(=O)C(N)CS)C(=O)NC(Cc1ccccc1)C(=O)NC(CC(N)=O)C(=O)O. The number of hydrogen-bond donors (Lipinski definition) is 7. The van der Waals surface area contributed by atoms with Crippen molar-refractivity contribution in [2.24, 2.45) is 17.4 Å². The molecular formula is C22H33N5O6S. The third-order valence-corrected chi connectivity index (χ3v) is 5.20. The van der Waals surface area contributed by atoms with Crippen LogP contribution in [0.25, 0.3) is 0 Å². The van der Waals surface area contributed by atoms with Gasteiger partial charge < -0.3 is 32.5 Å². The van der Waals surface area contributed by atoms with Crippen molar-refractivity contribution in [2.75, 3.05) is 5.75 Å². The van der Waals surface area contributed by atoms with Gasteiger partial charge in [-0.1, -0.05) is 44.2 Å². The Hall–Kier alpha value is -3.12. The topological polar surface area (TPSA) is 194 Å². The summed E-state index contributed by atoms with van der Waals surface area (Å²) in [5, 5.41) is 16.7. The van der Waals surface area contributed by atoms with Crippen LogP contribution >= 0.6 is 12.6 Å². The summed E-state index contributed by atoms with van der Waals surface area (Å²) >= 11 is 3.99. The van der Waals surface area contributed by atoms with E-state index >= 15 is 0 Å². The summed E-state index contributed by atoms with van der Waals surface area (Å²) in [5.74, 6) is -4.25. The molecule has 1 rings (SSSR count). The number of nitrogens with one attached hydrogen (secondary N) is 3. The molecule has 0 saturated carbocycles. The summed E-state index contributed by atoms with van der Waals surface area (Å²) in [6.07, 6.45) is -0.295. The van der Waals surface area contributed by atoms with E-state index in [1.807, 2.05) is 13.8 Å². The molecule has 12 heteroatoms. The molecule has 34 heavy (non-hydrogen) atoms. The lowest BCUT2D eigenvalue weighted by atomic mass is 10.0. The van der Waals surface area contributed by atoms with E-state index in [0.717, 1.165) is 0 Å². The largest absolute Gasteiger partial charge is 0.480 e. The number of hydrogen-bond acceptors (Lipinski definition) is 7. The molecular weight excluding hydrogens is 462 g/mol. The Labute approximate surface area is 203 Å². The molecule has 1 aromatic rings. The molecule has 0 aliphatic rings. The molecule has 0 fully saturated rings. The first-order valence-corrected chi connectivity index (χ1v) is 11.4. The van der Waals surface area contributed by atoms with Gasteiger partial charge >= 0.3 is 5.97 Å². The third-order valence-electron chi connectivity index (χ3n) is 4.81. The molecule has 0 saturated heterocycles. The molecule has 8 N–H and O–H groups in total. The lowest BCUT2D eigenvalue weighted by Crippen LogP contribution is -2.58. The number of carboxylic acids is 1. The fourth-order valence-electron chi connectivity index (χ4n) is 3.07. The molecule has 4 atom stereocenters. The molecule has 188 valence electrons. The standard InChI is InChI=1S/C22H33N5O6S/c1-12(2)8-15(25-19(29)14(23)11-34)20(30)26-16(9-13-6-4-3-5-7-13)21(31)27-17(22(32)33)10-18(24)28/h3-7,12,14-17,34H,8-11,23H2,1-2H3,(H2,24,28)(H,25,29)(H,26,30)(H,27,31)(H,32,33). The summed E-state index contributed by atoms with van der Waals surface area (Å²) in [5.41, 5.74) is 11.5. The highest BCUT2D eigenvalue weighted by molar-refractivity contribution is 7.80. The van der Waals surface area contributed by atoms with Gasteiger partial charge in [0.2, 0.25) is 23.6 Å². The second-order valence-electron chi connectivity index (χ2n) is 8.30. The van der Waals surface area contributed by atoms with Gasteiger partial charge in [-0.2, -0.15) is 12.6 Å². The highest BCUT2D eigenvalue weighted by Crippen LogP contribution is 2.09. The molecule has 0 bridgehead atoms. The summed E-state index contributed by atoms with van der Waals surface area (Å²) < 4.78 is 0. The van der Waals surface area contributed by atoms with E-state index in [0.29, 0.717) is 5.56 Å². The molecule has 0 aromatic heterocycles. The highest BCUT2D eigenvalue weighted by atomic mass is 32.1. The molecule has 0 aliphatic heterocycles. The number of nitrogens with two attached hydrogens (primary N) is 2. The minimum atomic E-state index is -1.56. The first kappa shape index (κ1) is 28.9. The van der Waals surface area contributed by atoms with E-state index in [-0.39, 0.29) is 24.5 Å². The Balaban J connectivity index is 3.12. The van der Waals surface area contributed by atoms with E-state index in [1.165, 1.54) is 0 Å². The van der Waals surface area contributed by atoms with E-state index in [1.54, 1.807) is 30.3 Å². The first-order valence-electron chi connectivity index (χ1n) is 10.8. The van der Waals surface area contributed by atoms with Gasteiger partial charge in [0, 0.05) is 12.2 Å². The Kier molecular flexibility index (Phi) is 12.1. The fraction of sp³-hybridized carbons (Fsp3) is 0.500. The number of primary amides is 1. The average Bonchev–Trinajstić information content (AvgIpc) is 2.76. The van der Waals surface area contributed by atoms with E-state index in [9.17, 15) is 29.1 Å². The summed E-state index contributed by atoms with van der Waals surface area (Å²) in [6.45, 7) is 3.72. The van der Waals surface area contributed by atoms with Crippen molar-refractivity contribution in [3.63, 3.8) is 0 Å². The lowest BCUT2D eigenvalue weighted by molar-refractivity contribution is -0.143. The quantitative estimate of drug-likeness (QED) is 0.160. The zero-order chi connectivity index (χ0) is 25.8. The normalized spacial score (nSPS) is 14.4. The average molecular weight is 496 g/mol. The van der Waals surface area contributed by atoms with Gasteiger partial charge in [-0.3, -0.25) is 19.2 Å². The lowest BCUT2D eigenvalue weighted by Gasteiger charge is -2.26. The Bertz CT molecular complexity index is 867. The zero-order valence-electron chi connectivity index (χ0n) is 19.2. The highest BCUT2D eigenvalue weighted by Gasteiger charge is 2.31. The summed E-state index contributed by atoms with van der Waals surface area (Å²) in [7, 11) is 0. The molecule has 11 nitrogen and oxygen atoms in total. The van der Waals surface area contributed by atoms with Crippen LogP contribution in [0, 0.1) is 5.92 Å².